The molecule has 5 N–H and O–H groups in total. The van der Waals surface area contributed by atoms with E-state index in [-0.39, 0.29) is 23.2 Å². The number of benzene rings is 1. The molecule has 0 spiro atoms. The predicted octanol–water partition coefficient (Wildman–Crippen LogP) is 2.41. The third-order valence-corrected chi connectivity index (χ3v) is 6.48. The van der Waals surface area contributed by atoms with Crippen molar-refractivity contribution in [1.82, 2.24) is 9.97 Å². The molecule has 1 aromatic carbocycles. The number of rotatable bonds is 7. The Labute approximate surface area is 198 Å². The van der Waals surface area contributed by atoms with Gasteiger partial charge in [-0.1, -0.05) is 0 Å². The fourth-order valence-electron chi connectivity index (χ4n) is 4.59. The van der Waals surface area contributed by atoms with E-state index in [4.69, 9.17) is 16.4 Å². The number of nitrogens with two attached hydrogens (primary N) is 1. The molecule has 0 bridgehead atoms. The topological polar surface area (TPSA) is 155 Å². The zero-order chi connectivity index (χ0) is 24.1. The maximum absolute atomic E-state index is 12.2. The number of nitriles is 1. The first-order valence-corrected chi connectivity index (χ1v) is 11.6. The van der Waals surface area contributed by atoms with Crippen molar-refractivity contribution < 1.29 is 9.90 Å². The number of carbonyl (C=O) groups excluding carboxylic acids is 1. The molecule has 0 aliphatic carbocycles. The second kappa shape index (κ2) is 10.5. The van der Waals surface area contributed by atoms with Gasteiger partial charge >= 0.3 is 0 Å². The lowest BCUT2D eigenvalue weighted by Crippen LogP contribution is -2.38. The second-order valence-corrected chi connectivity index (χ2v) is 8.85. The number of β-amino-alcohol motifs (C(OH)–C–C–N with tert-alkyl or cyclic N) is 1. The molecule has 2 saturated heterocycles. The minimum Gasteiger partial charge on any atom is -0.391 e. The highest BCUT2D eigenvalue weighted by atomic mass is 16.3. The van der Waals surface area contributed by atoms with Gasteiger partial charge in [0.1, 0.15) is 17.1 Å². The van der Waals surface area contributed by atoms with Crippen LogP contribution in [0.5, 0.6) is 0 Å². The lowest BCUT2D eigenvalue weighted by molar-refractivity contribution is 0.100. The van der Waals surface area contributed by atoms with Crippen molar-refractivity contribution >= 4 is 35.3 Å². The Morgan fingerprint density at radius 2 is 1.94 bits per heavy atom. The van der Waals surface area contributed by atoms with Crippen molar-refractivity contribution in [2.75, 3.05) is 41.3 Å². The maximum Gasteiger partial charge on any atom is 0.254 e. The molecule has 1 unspecified atom stereocenters. The summed E-state index contributed by atoms with van der Waals surface area (Å²) in [5, 5.41) is 29.9. The van der Waals surface area contributed by atoms with Crippen molar-refractivity contribution in [3.05, 3.63) is 35.5 Å². The zero-order valence-electron chi connectivity index (χ0n) is 19.1. The van der Waals surface area contributed by atoms with E-state index in [1.54, 1.807) is 0 Å². The Balaban J connectivity index is 1.57. The highest BCUT2D eigenvalue weighted by Crippen LogP contribution is 2.28. The van der Waals surface area contributed by atoms with Gasteiger partial charge in [0.05, 0.1) is 12.2 Å². The number of carbonyl (C=O) groups is 1. The standard InChI is InChI=1S/C24H30N8O2/c25-10-7-16-8-12-31(13-9-16)24-29-20(14-26)21(22(27)34)23(30-24)28-17-3-5-18(6-4-17)32-11-1-2-19(33)15-32/h3-6,14,16,19,26,33H,1-2,7-9,11-13,15H2,(H2,27,34)(H,28,29,30). The molecule has 10 nitrogen and oxygen atoms in total. The van der Waals surface area contributed by atoms with Crippen molar-refractivity contribution in [3.63, 3.8) is 0 Å². The van der Waals surface area contributed by atoms with Crippen LogP contribution in [0, 0.1) is 22.7 Å². The number of nitrogens with zero attached hydrogens (tertiary/aromatic N) is 5. The molecule has 2 aromatic rings. The van der Waals surface area contributed by atoms with Gasteiger partial charge in [-0.2, -0.15) is 10.2 Å². The minimum atomic E-state index is -0.709. The van der Waals surface area contributed by atoms with Crippen LogP contribution in [0.3, 0.4) is 0 Å². The molecule has 2 aliphatic rings. The third-order valence-electron chi connectivity index (χ3n) is 6.48. The van der Waals surface area contributed by atoms with Crippen LogP contribution in [0.15, 0.2) is 24.3 Å². The fourth-order valence-corrected chi connectivity index (χ4v) is 4.59. The smallest absolute Gasteiger partial charge is 0.254 e. The van der Waals surface area contributed by atoms with E-state index < -0.39 is 5.91 Å². The lowest BCUT2D eigenvalue weighted by atomic mass is 9.94. The van der Waals surface area contributed by atoms with Gasteiger partial charge < -0.3 is 31.4 Å². The van der Waals surface area contributed by atoms with Crippen LogP contribution in [0.4, 0.5) is 23.1 Å². The fraction of sp³-hybridized carbons (Fsp3) is 0.458. The van der Waals surface area contributed by atoms with Crippen molar-refractivity contribution in [2.45, 2.75) is 38.2 Å². The van der Waals surface area contributed by atoms with Gasteiger partial charge in [-0.05, 0) is 55.9 Å². The summed E-state index contributed by atoms with van der Waals surface area (Å²) in [6.07, 6.45) is 4.76. The van der Waals surface area contributed by atoms with Crippen LogP contribution in [-0.4, -0.2) is 59.5 Å². The Morgan fingerprint density at radius 1 is 1.21 bits per heavy atom. The summed E-state index contributed by atoms with van der Waals surface area (Å²) in [6.45, 7) is 2.92. The lowest BCUT2D eigenvalue weighted by Gasteiger charge is -2.32. The Bertz CT molecular complexity index is 1070. The van der Waals surface area contributed by atoms with Crippen molar-refractivity contribution in [2.24, 2.45) is 11.7 Å². The van der Waals surface area contributed by atoms with E-state index >= 15 is 0 Å². The number of primary amides is 1. The van der Waals surface area contributed by atoms with Crippen molar-refractivity contribution in [3.8, 4) is 6.07 Å². The average Bonchev–Trinajstić information content (AvgIpc) is 2.84. The van der Waals surface area contributed by atoms with E-state index in [2.05, 4.69) is 26.3 Å². The van der Waals surface area contributed by atoms with E-state index in [0.29, 0.717) is 37.9 Å². The van der Waals surface area contributed by atoms with E-state index in [1.807, 2.05) is 29.2 Å². The highest BCUT2D eigenvalue weighted by Gasteiger charge is 2.25. The van der Waals surface area contributed by atoms with Gasteiger partial charge in [-0.15, -0.1) is 0 Å². The van der Waals surface area contributed by atoms with Gasteiger partial charge in [0, 0.05) is 50.2 Å². The normalized spacial score (nSPS) is 18.9. The van der Waals surface area contributed by atoms with Gasteiger partial charge in [0.2, 0.25) is 5.95 Å². The van der Waals surface area contributed by atoms with E-state index in [9.17, 15) is 9.90 Å². The number of nitrogens with one attached hydrogen (secondary N) is 2. The first kappa shape index (κ1) is 23.4. The van der Waals surface area contributed by atoms with Gasteiger partial charge in [-0.25, -0.2) is 4.98 Å². The molecule has 178 valence electrons. The molecular formula is C24H30N8O2. The monoisotopic (exact) mass is 462 g/mol. The average molecular weight is 463 g/mol. The van der Waals surface area contributed by atoms with Gasteiger partial charge in [-0.3, -0.25) is 4.79 Å². The number of anilines is 4. The Morgan fingerprint density at radius 3 is 2.56 bits per heavy atom. The number of hydrogen-bond acceptors (Lipinski definition) is 9. The molecule has 0 radical (unpaired) electrons. The Kier molecular flexibility index (Phi) is 7.23. The molecule has 2 fully saturated rings. The number of aliphatic hydroxyl groups is 1. The molecule has 2 aliphatic heterocycles. The molecule has 3 heterocycles. The van der Waals surface area contributed by atoms with Crippen LogP contribution in [0.1, 0.15) is 48.2 Å². The molecule has 10 heteroatoms. The summed E-state index contributed by atoms with van der Waals surface area (Å²) in [4.78, 5) is 25.4. The molecule has 1 amide bonds. The number of aliphatic hydroxyl groups excluding tert-OH is 1. The summed E-state index contributed by atoms with van der Waals surface area (Å²) in [6, 6.07) is 9.94. The first-order valence-electron chi connectivity index (χ1n) is 11.6. The summed E-state index contributed by atoms with van der Waals surface area (Å²) in [7, 11) is 0. The van der Waals surface area contributed by atoms with Crippen LogP contribution < -0.4 is 20.9 Å². The highest BCUT2D eigenvalue weighted by molar-refractivity contribution is 6.04. The first-order chi connectivity index (χ1) is 16.5. The third kappa shape index (κ3) is 5.26. The number of hydrogen-bond donors (Lipinski definition) is 4. The van der Waals surface area contributed by atoms with E-state index in [1.165, 1.54) is 0 Å². The van der Waals surface area contributed by atoms with Gasteiger partial charge in [0.15, 0.2) is 0 Å². The summed E-state index contributed by atoms with van der Waals surface area (Å²) in [5.74, 6) is 0.348. The molecule has 1 aromatic heterocycles. The molecule has 1 atom stereocenters. The number of amides is 1. The van der Waals surface area contributed by atoms with Crippen LogP contribution in [0.25, 0.3) is 0 Å². The van der Waals surface area contributed by atoms with Crippen molar-refractivity contribution in [1.29, 1.82) is 10.7 Å². The van der Waals surface area contributed by atoms with Crippen LogP contribution in [0.2, 0.25) is 0 Å². The van der Waals surface area contributed by atoms with E-state index in [0.717, 1.165) is 49.8 Å². The van der Waals surface area contributed by atoms with Crippen LogP contribution in [-0.2, 0) is 0 Å². The minimum absolute atomic E-state index is 0.0707. The molecule has 0 saturated carbocycles. The summed E-state index contributed by atoms with van der Waals surface area (Å²) >= 11 is 0. The maximum atomic E-state index is 12.2. The quantitative estimate of drug-likeness (QED) is 0.457. The SMILES string of the molecule is N#CCC1CCN(c2nc(C=N)c(C(N)=O)c(Nc3ccc(N4CCCC(O)C4)cc3)n2)CC1. The predicted molar refractivity (Wildman–Crippen MR) is 131 cm³/mol. The zero-order valence-corrected chi connectivity index (χ0v) is 19.1. The second-order valence-electron chi connectivity index (χ2n) is 8.85. The van der Waals surface area contributed by atoms with Gasteiger partial charge in [0.25, 0.3) is 5.91 Å². The summed E-state index contributed by atoms with van der Waals surface area (Å²) in [5.41, 5.74) is 7.59. The Hall–Kier alpha value is -3.71. The number of piperidine rings is 2. The molecular weight excluding hydrogens is 432 g/mol. The summed E-state index contributed by atoms with van der Waals surface area (Å²) < 4.78 is 0. The largest absolute Gasteiger partial charge is 0.391 e. The molecule has 4 rings (SSSR count). The number of aromatic nitrogens is 2. The van der Waals surface area contributed by atoms with Crippen LogP contribution >= 0.6 is 0 Å². The molecule has 34 heavy (non-hydrogen) atoms.